The lowest BCUT2D eigenvalue weighted by molar-refractivity contribution is -0.144. The van der Waals surface area contributed by atoms with E-state index in [9.17, 15) is 14.4 Å². The minimum Gasteiger partial charge on any atom is -0.466 e. The van der Waals surface area contributed by atoms with Crippen LogP contribution in [0.5, 0.6) is 0 Å². The van der Waals surface area contributed by atoms with E-state index in [1.54, 1.807) is 13.0 Å². The summed E-state index contributed by atoms with van der Waals surface area (Å²) in [5.41, 5.74) is 4.46. The Balaban J connectivity index is 1.47. The summed E-state index contributed by atoms with van der Waals surface area (Å²) < 4.78 is 10.3. The first-order valence-electron chi connectivity index (χ1n) is 13.0. The van der Waals surface area contributed by atoms with E-state index in [2.05, 4.69) is 38.6 Å². The lowest BCUT2D eigenvalue weighted by Crippen LogP contribution is -2.41. The molecule has 9 nitrogen and oxygen atoms in total. The van der Waals surface area contributed by atoms with Crippen molar-refractivity contribution >= 4 is 29.2 Å². The third kappa shape index (κ3) is 7.53. The molecule has 9 heteroatoms. The van der Waals surface area contributed by atoms with E-state index >= 15 is 0 Å². The van der Waals surface area contributed by atoms with Gasteiger partial charge < -0.3 is 25.0 Å². The lowest BCUT2D eigenvalue weighted by Gasteiger charge is -2.32. The topological polar surface area (TPSA) is 100 Å². The predicted octanol–water partition coefficient (Wildman–Crippen LogP) is 2.59. The van der Waals surface area contributed by atoms with E-state index in [0.717, 1.165) is 44.8 Å². The van der Waals surface area contributed by atoms with Gasteiger partial charge in [-0.05, 0) is 42.7 Å². The minimum atomic E-state index is -0.404. The van der Waals surface area contributed by atoms with Crippen molar-refractivity contribution < 1.29 is 23.9 Å². The Bertz CT molecular complexity index is 1100. The summed E-state index contributed by atoms with van der Waals surface area (Å²) in [6, 6.07) is 13.8. The Kier molecular flexibility index (Phi) is 9.51. The zero-order valence-electron chi connectivity index (χ0n) is 21.5. The van der Waals surface area contributed by atoms with Gasteiger partial charge in [-0.25, -0.2) is 0 Å². The summed E-state index contributed by atoms with van der Waals surface area (Å²) in [5.74, 6) is -0.880. The molecule has 0 bridgehead atoms. The molecule has 0 aromatic heterocycles. The average Bonchev–Trinajstić information content (AvgIpc) is 2.92. The first kappa shape index (κ1) is 26.6. The molecule has 0 saturated carbocycles. The van der Waals surface area contributed by atoms with Crippen molar-refractivity contribution in [2.24, 2.45) is 0 Å². The van der Waals surface area contributed by atoms with Gasteiger partial charge in [0.05, 0.1) is 31.8 Å². The minimum absolute atomic E-state index is 0.0137. The van der Waals surface area contributed by atoms with E-state index < -0.39 is 5.97 Å². The van der Waals surface area contributed by atoms with Crippen molar-refractivity contribution in [2.45, 2.75) is 32.7 Å². The first-order valence-corrected chi connectivity index (χ1v) is 13.0. The van der Waals surface area contributed by atoms with Crippen LogP contribution < -0.4 is 15.5 Å². The standard InChI is InChI=1S/C28H36N4O5/c1-2-37-27(34)10-9-26(33)30-23-7-8-25(32-13-11-21-5-3-4-6-22(21)20-32)24(19-23)28(35)29-12-14-31-15-17-36-18-16-31/h3-8,19H,2,9-18,20H2,1H3,(H,29,35)(H,30,33). The molecule has 2 aliphatic rings. The van der Waals surface area contributed by atoms with Gasteiger partial charge >= 0.3 is 5.97 Å². The molecule has 0 atom stereocenters. The van der Waals surface area contributed by atoms with Gasteiger partial charge in [-0.15, -0.1) is 0 Å². The van der Waals surface area contributed by atoms with Crippen LogP contribution in [0.3, 0.4) is 0 Å². The van der Waals surface area contributed by atoms with Crippen LogP contribution in [0.15, 0.2) is 42.5 Å². The van der Waals surface area contributed by atoms with Gasteiger partial charge in [0, 0.05) is 57.1 Å². The SMILES string of the molecule is CCOC(=O)CCC(=O)Nc1ccc(N2CCc3ccccc3C2)c(C(=O)NCCN2CCOCC2)c1. The predicted molar refractivity (Wildman–Crippen MR) is 142 cm³/mol. The maximum Gasteiger partial charge on any atom is 0.306 e. The van der Waals surface area contributed by atoms with Crippen molar-refractivity contribution in [2.75, 3.05) is 62.8 Å². The van der Waals surface area contributed by atoms with Crippen LogP contribution in [0, 0.1) is 0 Å². The average molecular weight is 509 g/mol. The van der Waals surface area contributed by atoms with E-state index in [1.165, 1.54) is 11.1 Å². The van der Waals surface area contributed by atoms with Crippen molar-refractivity contribution in [1.82, 2.24) is 10.2 Å². The highest BCUT2D eigenvalue weighted by Gasteiger charge is 2.22. The molecule has 1 fully saturated rings. The number of amides is 2. The number of anilines is 2. The molecule has 0 aliphatic carbocycles. The van der Waals surface area contributed by atoms with Gasteiger partial charge in [0.15, 0.2) is 0 Å². The normalized spacial score (nSPS) is 15.5. The highest BCUT2D eigenvalue weighted by molar-refractivity contribution is 6.02. The quantitative estimate of drug-likeness (QED) is 0.476. The number of benzene rings is 2. The molecule has 2 N–H and O–H groups in total. The number of carbonyl (C=O) groups excluding carboxylic acids is 3. The van der Waals surface area contributed by atoms with Gasteiger partial charge in [0.25, 0.3) is 5.91 Å². The number of hydrogen-bond acceptors (Lipinski definition) is 7. The fourth-order valence-electron chi connectivity index (χ4n) is 4.69. The van der Waals surface area contributed by atoms with E-state index in [1.807, 2.05) is 18.2 Å². The van der Waals surface area contributed by atoms with Crippen molar-refractivity contribution in [3.05, 3.63) is 59.2 Å². The highest BCUT2D eigenvalue weighted by Crippen LogP contribution is 2.29. The second kappa shape index (κ2) is 13.2. The monoisotopic (exact) mass is 508 g/mol. The van der Waals surface area contributed by atoms with Gasteiger partial charge in [-0.1, -0.05) is 24.3 Å². The molecule has 0 radical (unpaired) electrons. The maximum atomic E-state index is 13.4. The van der Waals surface area contributed by atoms with Crippen LogP contribution in [-0.2, 0) is 32.0 Å². The highest BCUT2D eigenvalue weighted by atomic mass is 16.5. The fourth-order valence-corrected chi connectivity index (χ4v) is 4.69. The van der Waals surface area contributed by atoms with Gasteiger partial charge in [-0.3, -0.25) is 19.3 Å². The number of ether oxygens (including phenoxy) is 2. The Labute approximate surface area is 218 Å². The molecule has 2 aromatic carbocycles. The number of esters is 1. The number of carbonyl (C=O) groups is 3. The van der Waals surface area contributed by atoms with E-state index in [4.69, 9.17) is 9.47 Å². The van der Waals surface area contributed by atoms with Crippen LogP contribution in [0.4, 0.5) is 11.4 Å². The van der Waals surface area contributed by atoms with Crippen LogP contribution in [0.1, 0.15) is 41.3 Å². The molecule has 1 saturated heterocycles. The van der Waals surface area contributed by atoms with Crippen LogP contribution in [-0.4, -0.2) is 75.2 Å². The Hall–Kier alpha value is -3.43. The van der Waals surface area contributed by atoms with Crippen molar-refractivity contribution in [3.63, 3.8) is 0 Å². The smallest absolute Gasteiger partial charge is 0.306 e. The van der Waals surface area contributed by atoms with Crippen molar-refractivity contribution in [1.29, 1.82) is 0 Å². The lowest BCUT2D eigenvalue weighted by atomic mass is 9.98. The number of nitrogens with zero attached hydrogens (tertiary/aromatic N) is 2. The molecular weight excluding hydrogens is 472 g/mol. The zero-order chi connectivity index (χ0) is 26.0. The summed E-state index contributed by atoms with van der Waals surface area (Å²) in [5, 5.41) is 5.88. The second-order valence-corrected chi connectivity index (χ2v) is 9.24. The first-order chi connectivity index (χ1) is 18.0. The molecule has 37 heavy (non-hydrogen) atoms. The summed E-state index contributed by atoms with van der Waals surface area (Å²) in [6.45, 7) is 7.97. The van der Waals surface area contributed by atoms with E-state index in [0.29, 0.717) is 31.0 Å². The largest absolute Gasteiger partial charge is 0.466 e. The molecule has 2 aliphatic heterocycles. The summed E-state index contributed by atoms with van der Waals surface area (Å²) in [7, 11) is 0. The van der Waals surface area contributed by atoms with Crippen LogP contribution in [0.25, 0.3) is 0 Å². The number of nitrogens with one attached hydrogen (secondary N) is 2. The number of morpholine rings is 1. The van der Waals surface area contributed by atoms with Crippen LogP contribution in [0.2, 0.25) is 0 Å². The van der Waals surface area contributed by atoms with Gasteiger partial charge in [-0.2, -0.15) is 0 Å². The number of hydrogen-bond donors (Lipinski definition) is 2. The Morgan fingerprint density at radius 3 is 2.57 bits per heavy atom. The third-order valence-electron chi connectivity index (χ3n) is 6.68. The summed E-state index contributed by atoms with van der Waals surface area (Å²) in [6.07, 6.45) is 0.936. The second-order valence-electron chi connectivity index (χ2n) is 9.24. The molecule has 198 valence electrons. The number of rotatable bonds is 10. The summed E-state index contributed by atoms with van der Waals surface area (Å²) in [4.78, 5) is 41.9. The summed E-state index contributed by atoms with van der Waals surface area (Å²) >= 11 is 0. The van der Waals surface area contributed by atoms with Crippen LogP contribution >= 0.6 is 0 Å². The maximum absolute atomic E-state index is 13.4. The van der Waals surface area contributed by atoms with Gasteiger partial charge in [0.2, 0.25) is 5.91 Å². The molecular formula is C28H36N4O5. The van der Waals surface area contributed by atoms with Crippen molar-refractivity contribution in [3.8, 4) is 0 Å². The molecule has 0 unspecified atom stereocenters. The third-order valence-corrected chi connectivity index (χ3v) is 6.68. The molecule has 2 amide bonds. The fraction of sp³-hybridized carbons (Fsp3) is 0.464. The molecule has 2 aromatic rings. The van der Waals surface area contributed by atoms with E-state index in [-0.39, 0.29) is 31.3 Å². The van der Waals surface area contributed by atoms with Gasteiger partial charge in [0.1, 0.15) is 0 Å². The Morgan fingerprint density at radius 2 is 1.78 bits per heavy atom. The molecule has 4 rings (SSSR count). The zero-order valence-corrected chi connectivity index (χ0v) is 21.5. The Morgan fingerprint density at radius 1 is 1.00 bits per heavy atom. The molecule has 2 heterocycles. The number of fused-ring (bicyclic) bond motifs is 1. The molecule has 0 spiro atoms.